The summed E-state index contributed by atoms with van der Waals surface area (Å²) in [7, 11) is 0. The highest BCUT2D eigenvalue weighted by Gasteiger charge is 2.15. The van der Waals surface area contributed by atoms with Crippen molar-refractivity contribution in [1.82, 2.24) is 5.32 Å². The lowest BCUT2D eigenvalue weighted by molar-refractivity contribution is 0.207. The van der Waals surface area contributed by atoms with Crippen molar-refractivity contribution in [2.45, 2.75) is 26.7 Å². The van der Waals surface area contributed by atoms with E-state index in [2.05, 4.69) is 43.4 Å². The molecule has 2 nitrogen and oxygen atoms in total. The van der Waals surface area contributed by atoms with Gasteiger partial charge in [0.15, 0.2) is 0 Å². The molecule has 0 heterocycles. The molecule has 16 heavy (non-hydrogen) atoms. The van der Waals surface area contributed by atoms with Crippen LogP contribution in [0.25, 0.3) is 0 Å². The Bertz CT molecular complexity index is 282. The van der Waals surface area contributed by atoms with Crippen LogP contribution in [-0.4, -0.2) is 24.8 Å². The summed E-state index contributed by atoms with van der Waals surface area (Å²) in [6.45, 7) is 6.59. The van der Waals surface area contributed by atoms with Crippen molar-refractivity contribution in [3.8, 4) is 0 Å². The second-order valence-corrected chi connectivity index (χ2v) is 5.05. The first kappa shape index (κ1) is 13.2. The average Bonchev–Trinajstić information content (AvgIpc) is 2.26. The number of rotatable bonds is 7. The van der Waals surface area contributed by atoms with E-state index in [9.17, 15) is 0 Å². The molecule has 0 aliphatic carbocycles. The van der Waals surface area contributed by atoms with E-state index in [1.54, 1.807) is 0 Å². The fourth-order valence-electron chi connectivity index (χ4n) is 1.70. The first-order valence-corrected chi connectivity index (χ1v) is 5.99. The van der Waals surface area contributed by atoms with Crippen LogP contribution < -0.4 is 5.32 Å². The minimum atomic E-state index is 0.186. The van der Waals surface area contributed by atoms with E-state index in [0.717, 1.165) is 25.9 Å². The predicted octanol–water partition coefficient (Wildman–Crippen LogP) is 2.23. The molecule has 0 radical (unpaired) electrons. The highest BCUT2D eigenvalue weighted by Crippen LogP contribution is 2.17. The maximum atomic E-state index is 8.91. The lowest BCUT2D eigenvalue weighted by Gasteiger charge is -2.23. The molecule has 0 amide bonds. The summed E-state index contributed by atoms with van der Waals surface area (Å²) in [5, 5.41) is 12.4. The number of nitrogens with one attached hydrogen (secondary N) is 1. The van der Waals surface area contributed by atoms with Gasteiger partial charge in [0.25, 0.3) is 0 Å². The molecule has 0 saturated heterocycles. The minimum absolute atomic E-state index is 0.186. The molecule has 1 aromatic carbocycles. The van der Waals surface area contributed by atoms with Gasteiger partial charge in [-0.25, -0.2) is 0 Å². The van der Waals surface area contributed by atoms with Crippen LogP contribution in [0.1, 0.15) is 25.8 Å². The van der Waals surface area contributed by atoms with Crippen LogP contribution in [0, 0.1) is 5.41 Å². The van der Waals surface area contributed by atoms with Crippen molar-refractivity contribution >= 4 is 0 Å². The maximum Gasteiger partial charge on any atom is 0.0436 e. The molecule has 0 bridgehead atoms. The Hall–Kier alpha value is -0.860. The van der Waals surface area contributed by atoms with Gasteiger partial charge in [-0.3, -0.25) is 0 Å². The largest absolute Gasteiger partial charge is 0.396 e. The fourth-order valence-corrected chi connectivity index (χ4v) is 1.70. The van der Waals surface area contributed by atoms with Crippen LogP contribution in [0.3, 0.4) is 0 Å². The quantitative estimate of drug-likeness (QED) is 0.692. The molecular weight excluding hydrogens is 198 g/mol. The summed E-state index contributed by atoms with van der Waals surface area (Å²) < 4.78 is 0. The van der Waals surface area contributed by atoms with Crippen LogP contribution in [0.2, 0.25) is 0 Å². The summed E-state index contributed by atoms with van der Waals surface area (Å²) in [5.74, 6) is 0. The van der Waals surface area contributed by atoms with E-state index in [-0.39, 0.29) is 12.0 Å². The van der Waals surface area contributed by atoms with E-state index in [0.29, 0.717) is 0 Å². The Morgan fingerprint density at radius 3 is 2.50 bits per heavy atom. The van der Waals surface area contributed by atoms with Crippen LogP contribution in [0.4, 0.5) is 0 Å². The molecule has 0 spiro atoms. The number of hydrogen-bond donors (Lipinski definition) is 2. The molecule has 90 valence electrons. The summed E-state index contributed by atoms with van der Waals surface area (Å²) in [6.07, 6.45) is 1.92. The number of benzene rings is 1. The molecule has 2 heteroatoms. The Morgan fingerprint density at radius 1 is 1.19 bits per heavy atom. The summed E-state index contributed by atoms with van der Waals surface area (Å²) in [4.78, 5) is 0. The van der Waals surface area contributed by atoms with Crippen LogP contribution in [-0.2, 0) is 6.42 Å². The predicted molar refractivity (Wildman–Crippen MR) is 68.5 cm³/mol. The Labute approximate surface area is 98.7 Å². The van der Waals surface area contributed by atoms with Crippen molar-refractivity contribution < 1.29 is 5.11 Å². The van der Waals surface area contributed by atoms with Crippen LogP contribution in [0.5, 0.6) is 0 Å². The third kappa shape index (κ3) is 5.29. The first-order valence-electron chi connectivity index (χ1n) is 5.99. The van der Waals surface area contributed by atoms with Gasteiger partial charge in [-0.2, -0.15) is 0 Å². The molecule has 0 aliphatic rings. The van der Waals surface area contributed by atoms with Crippen LogP contribution in [0.15, 0.2) is 30.3 Å². The molecule has 0 unspecified atom stereocenters. The molecular formula is C14H23NO. The van der Waals surface area contributed by atoms with E-state index >= 15 is 0 Å². The minimum Gasteiger partial charge on any atom is -0.396 e. The molecule has 0 aromatic heterocycles. The normalized spacial score (nSPS) is 11.7. The average molecular weight is 221 g/mol. The van der Waals surface area contributed by atoms with E-state index in [1.165, 1.54) is 5.56 Å². The monoisotopic (exact) mass is 221 g/mol. The van der Waals surface area contributed by atoms with Crippen molar-refractivity contribution in [2.24, 2.45) is 5.41 Å². The van der Waals surface area contributed by atoms with Gasteiger partial charge in [0.05, 0.1) is 0 Å². The van der Waals surface area contributed by atoms with Gasteiger partial charge < -0.3 is 10.4 Å². The van der Waals surface area contributed by atoms with Gasteiger partial charge in [-0.15, -0.1) is 0 Å². The van der Waals surface area contributed by atoms with Gasteiger partial charge in [-0.1, -0.05) is 44.2 Å². The number of hydrogen-bond acceptors (Lipinski definition) is 2. The fraction of sp³-hybridized carbons (Fsp3) is 0.571. The first-order chi connectivity index (χ1) is 7.64. The second kappa shape index (κ2) is 6.66. The summed E-state index contributed by atoms with van der Waals surface area (Å²) >= 11 is 0. The third-order valence-electron chi connectivity index (χ3n) is 2.83. The van der Waals surface area contributed by atoms with Gasteiger partial charge in [0, 0.05) is 13.2 Å². The zero-order valence-electron chi connectivity index (χ0n) is 10.4. The second-order valence-electron chi connectivity index (χ2n) is 5.05. The van der Waals surface area contributed by atoms with Gasteiger partial charge in [0.2, 0.25) is 0 Å². The van der Waals surface area contributed by atoms with E-state index in [1.807, 2.05) is 6.07 Å². The number of aliphatic hydroxyl groups excluding tert-OH is 1. The third-order valence-corrected chi connectivity index (χ3v) is 2.83. The molecule has 2 N–H and O–H groups in total. The van der Waals surface area contributed by atoms with Crippen LogP contribution >= 0.6 is 0 Å². The standard InChI is InChI=1S/C14H23NO/c1-14(2,9-11-16)12-15-10-8-13-6-4-3-5-7-13/h3-7,15-16H,8-12H2,1-2H3. The molecule has 0 atom stereocenters. The Kier molecular flexibility index (Phi) is 5.50. The summed E-state index contributed by atoms with van der Waals surface area (Å²) in [6, 6.07) is 10.5. The lowest BCUT2D eigenvalue weighted by Crippen LogP contribution is -2.31. The molecule has 0 saturated carbocycles. The van der Waals surface area contributed by atoms with E-state index < -0.39 is 0 Å². The maximum absolute atomic E-state index is 8.91. The SMILES string of the molecule is CC(C)(CCO)CNCCc1ccccc1. The topological polar surface area (TPSA) is 32.3 Å². The van der Waals surface area contributed by atoms with Crippen molar-refractivity contribution in [1.29, 1.82) is 0 Å². The Morgan fingerprint density at radius 2 is 1.88 bits per heavy atom. The zero-order valence-corrected chi connectivity index (χ0v) is 10.4. The van der Waals surface area contributed by atoms with Gasteiger partial charge in [0.1, 0.15) is 0 Å². The van der Waals surface area contributed by atoms with Gasteiger partial charge >= 0.3 is 0 Å². The number of aliphatic hydroxyl groups is 1. The van der Waals surface area contributed by atoms with E-state index in [4.69, 9.17) is 5.11 Å². The Balaban J connectivity index is 2.17. The van der Waals surface area contributed by atoms with Crippen molar-refractivity contribution in [3.05, 3.63) is 35.9 Å². The molecule has 1 rings (SSSR count). The molecule has 1 aromatic rings. The van der Waals surface area contributed by atoms with Crippen molar-refractivity contribution in [3.63, 3.8) is 0 Å². The van der Waals surface area contributed by atoms with Crippen molar-refractivity contribution in [2.75, 3.05) is 19.7 Å². The highest BCUT2D eigenvalue weighted by molar-refractivity contribution is 5.14. The highest BCUT2D eigenvalue weighted by atomic mass is 16.3. The molecule has 0 fully saturated rings. The smallest absolute Gasteiger partial charge is 0.0436 e. The van der Waals surface area contributed by atoms with Gasteiger partial charge in [-0.05, 0) is 30.4 Å². The summed E-state index contributed by atoms with van der Waals surface area (Å²) in [5.41, 5.74) is 1.56. The lowest BCUT2D eigenvalue weighted by atomic mass is 9.90. The molecule has 0 aliphatic heterocycles. The zero-order chi connectivity index (χ0) is 11.9.